The van der Waals surface area contributed by atoms with Crippen molar-refractivity contribution in [1.29, 1.82) is 0 Å². The van der Waals surface area contributed by atoms with Gasteiger partial charge in [-0.15, -0.1) is 11.3 Å². The molecule has 1 aliphatic heterocycles. The van der Waals surface area contributed by atoms with Crippen molar-refractivity contribution >= 4 is 52.2 Å². The number of Topliss-reactive ketones (excluding diaryl/α,β-unsaturated/α-hetero) is 1. The van der Waals surface area contributed by atoms with E-state index in [0.717, 1.165) is 0 Å². The molecule has 0 bridgehead atoms. The number of halogens is 2. The Labute approximate surface area is 217 Å². The summed E-state index contributed by atoms with van der Waals surface area (Å²) < 4.78 is 5.11. The van der Waals surface area contributed by atoms with Crippen molar-refractivity contribution in [3.05, 3.63) is 92.1 Å². The van der Waals surface area contributed by atoms with Crippen molar-refractivity contribution in [1.82, 2.24) is 4.90 Å². The lowest BCUT2D eigenvalue weighted by Crippen LogP contribution is -2.55. The zero-order chi connectivity index (χ0) is 25.3. The number of carbonyl (C=O) groups excluding carboxylic acids is 2. The number of carboxylic acids is 1. The fourth-order valence-corrected chi connectivity index (χ4v) is 6.04. The molecule has 0 aliphatic carbocycles. The molecule has 1 aromatic heterocycles. The van der Waals surface area contributed by atoms with Gasteiger partial charge in [0.2, 0.25) is 5.91 Å². The SMILES string of the molecule is COCC(=O)N1C(c2ccc(Cl)cc2)C(C(=O)c2cccs2)C(c2ccc(Cl)cc2)C1(C)C(=O)O. The van der Waals surface area contributed by atoms with Gasteiger partial charge in [-0.25, -0.2) is 4.79 Å². The normalized spacial score (nSPS) is 23.9. The average Bonchev–Trinajstić information content (AvgIpc) is 3.46. The Hall–Kier alpha value is -2.71. The largest absolute Gasteiger partial charge is 0.479 e. The number of amides is 1. The highest BCUT2D eigenvalue weighted by Crippen LogP contribution is 2.56. The predicted octanol–water partition coefficient (Wildman–Crippen LogP) is 5.71. The number of likely N-dealkylation sites (tertiary alicyclic amines) is 1. The van der Waals surface area contributed by atoms with E-state index in [4.69, 9.17) is 27.9 Å². The smallest absolute Gasteiger partial charge is 0.330 e. The molecule has 1 N–H and O–H groups in total. The third kappa shape index (κ3) is 4.49. The Morgan fingerprint density at radius 2 is 1.57 bits per heavy atom. The quantitative estimate of drug-likeness (QED) is 0.394. The van der Waals surface area contributed by atoms with Crippen molar-refractivity contribution in [2.24, 2.45) is 5.92 Å². The van der Waals surface area contributed by atoms with Gasteiger partial charge in [-0.2, -0.15) is 0 Å². The van der Waals surface area contributed by atoms with Crippen LogP contribution in [0.2, 0.25) is 10.0 Å². The summed E-state index contributed by atoms with van der Waals surface area (Å²) in [6.45, 7) is 1.16. The van der Waals surface area contributed by atoms with E-state index in [2.05, 4.69) is 0 Å². The van der Waals surface area contributed by atoms with Gasteiger partial charge in [0.1, 0.15) is 12.1 Å². The van der Waals surface area contributed by atoms with Gasteiger partial charge >= 0.3 is 5.97 Å². The van der Waals surface area contributed by atoms with Crippen LogP contribution < -0.4 is 0 Å². The number of hydrogen-bond donors (Lipinski definition) is 1. The van der Waals surface area contributed by atoms with E-state index in [1.165, 1.54) is 30.3 Å². The van der Waals surface area contributed by atoms with Crippen molar-refractivity contribution < 1.29 is 24.2 Å². The van der Waals surface area contributed by atoms with Crippen LogP contribution in [-0.2, 0) is 14.3 Å². The summed E-state index contributed by atoms with van der Waals surface area (Å²) in [7, 11) is 1.37. The Bertz CT molecular complexity index is 1230. The van der Waals surface area contributed by atoms with E-state index in [0.29, 0.717) is 26.0 Å². The Morgan fingerprint density at radius 3 is 2.06 bits per heavy atom. The third-order valence-corrected chi connectivity index (χ3v) is 7.95. The Kier molecular flexibility index (Phi) is 7.33. The van der Waals surface area contributed by atoms with Crippen molar-refractivity contribution in [3.8, 4) is 0 Å². The van der Waals surface area contributed by atoms with Gasteiger partial charge in [-0.3, -0.25) is 9.59 Å². The molecule has 1 aliphatic rings. The van der Waals surface area contributed by atoms with E-state index in [-0.39, 0.29) is 12.4 Å². The first-order chi connectivity index (χ1) is 16.7. The molecule has 1 amide bonds. The molecule has 0 spiro atoms. The van der Waals surface area contributed by atoms with E-state index in [1.54, 1.807) is 66.0 Å². The molecule has 2 heterocycles. The maximum Gasteiger partial charge on any atom is 0.330 e. The van der Waals surface area contributed by atoms with Gasteiger partial charge in [0.05, 0.1) is 16.8 Å². The maximum atomic E-state index is 14.0. The lowest BCUT2D eigenvalue weighted by atomic mass is 9.72. The first kappa shape index (κ1) is 25.4. The summed E-state index contributed by atoms with van der Waals surface area (Å²) >= 11 is 13.5. The molecule has 1 fully saturated rings. The monoisotopic (exact) mass is 531 g/mol. The number of ketones is 1. The van der Waals surface area contributed by atoms with Crippen LogP contribution in [0.4, 0.5) is 0 Å². The second kappa shape index (κ2) is 10.1. The first-order valence-corrected chi connectivity index (χ1v) is 12.5. The molecule has 6 nitrogen and oxygen atoms in total. The van der Waals surface area contributed by atoms with E-state index >= 15 is 0 Å². The number of hydrogen-bond acceptors (Lipinski definition) is 5. The summed E-state index contributed by atoms with van der Waals surface area (Å²) in [6.07, 6.45) is 0. The van der Waals surface area contributed by atoms with Crippen LogP contribution in [-0.4, -0.2) is 46.9 Å². The molecule has 4 unspecified atom stereocenters. The second-order valence-corrected chi connectivity index (χ2v) is 10.4. The van der Waals surface area contributed by atoms with E-state index in [9.17, 15) is 19.5 Å². The summed E-state index contributed by atoms with van der Waals surface area (Å²) in [6, 6.07) is 16.1. The molecule has 1 saturated heterocycles. The number of benzene rings is 2. The number of ether oxygens (including phenoxy) is 1. The van der Waals surface area contributed by atoms with Crippen LogP contribution >= 0.6 is 34.5 Å². The minimum atomic E-state index is -1.76. The lowest BCUT2D eigenvalue weighted by Gasteiger charge is -2.37. The van der Waals surface area contributed by atoms with Crippen LogP contribution in [0.1, 0.15) is 39.7 Å². The van der Waals surface area contributed by atoms with E-state index < -0.39 is 35.3 Å². The molecule has 182 valence electrons. The van der Waals surface area contributed by atoms with Crippen LogP contribution in [0.15, 0.2) is 66.0 Å². The van der Waals surface area contributed by atoms with Crippen LogP contribution in [0, 0.1) is 5.92 Å². The fraction of sp³-hybridized carbons (Fsp3) is 0.269. The average molecular weight is 532 g/mol. The maximum absolute atomic E-state index is 14.0. The number of nitrogens with zero attached hydrogens (tertiary/aromatic N) is 1. The second-order valence-electron chi connectivity index (χ2n) is 8.54. The molecular formula is C26H23Cl2NO5S. The van der Waals surface area contributed by atoms with Gasteiger partial charge in [-0.05, 0) is 53.8 Å². The molecule has 0 radical (unpaired) electrons. The number of methoxy groups -OCH3 is 1. The van der Waals surface area contributed by atoms with Crippen molar-refractivity contribution in [3.63, 3.8) is 0 Å². The molecule has 4 atom stereocenters. The lowest BCUT2D eigenvalue weighted by molar-refractivity contribution is -0.159. The summed E-state index contributed by atoms with van der Waals surface area (Å²) in [4.78, 5) is 42.3. The number of thiophene rings is 1. The van der Waals surface area contributed by atoms with Gasteiger partial charge in [0.15, 0.2) is 5.78 Å². The zero-order valence-corrected chi connectivity index (χ0v) is 21.3. The van der Waals surface area contributed by atoms with Gasteiger partial charge in [0, 0.05) is 23.1 Å². The number of rotatable bonds is 7. The summed E-state index contributed by atoms with van der Waals surface area (Å²) in [5.74, 6) is -3.74. The highest BCUT2D eigenvalue weighted by Gasteiger charge is 2.64. The minimum absolute atomic E-state index is 0.236. The van der Waals surface area contributed by atoms with Gasteiger partial charge in [-0.1, -0.05) is 53.5 Å². The topological polar surface area (TPSA) is 83.9 Å². The molecular weight excluding hydrogens is 509 g/mol. The highest BCUT2D eigenvalue weighted by molar-refractivity contribution is 7.12. The van der Waals surface area contributed by atoms with Crippen molar-refractivity contribution in [2.75, 3.05) is 13.7 Å². The Morgan fingerprint density at radius 1 is 1.00 bits per heavy atom. The van der Waals surface area contributed by atoms with Crippen molar-refractivity contribution in [2.45, 2.75) is 24.4 Å². The van der Waals surface area contributed by atoms with Crippen LogP contribution in [0.5, 0.6) is 0 Å². The van der Waals surface area contributed by atoms with Crippen LogP contribution in [0.25, 0.3) is 0 Å². The molecule has 2 aromatic carbocycles. The van der Waals surface area contributed by atoms with Crippen LogP contribution in [0.3, 0.4) is 0 Å². The molecule has 0 saturated carbocycles. The summed E-state index contributed by atoms with van der Waals surface area (Å²) in [5.41, 5.74) is -0.552. The third-order valence-electron chi connectivity index (χ3n) is 6.56. The molecule has 9 heteroatoms. The minimum Gasteiger partial charge on any atom is -0.479 e. The molecule has 4 rings (SSSR count). The zero-order valence-electron chi connectivity index (χ0n) is 19.0. The highest BCUT2D eigenvalue weighted by atomic mass is 35.5. The predicted molar refractivity (Wildman–Crippen MR) is 135 cm³/mol. The number of carbonyl (C=O) groups is 3. The fourth-order valence-electron chi connectivity index (χ4n) is 5.07. The first-order valence-electron chi connectivity index (χ1n) is 10.8. The number of carboxylic acid groups (broad SMARTS) is 1. The van der Waals surface area contributed by atoms with E-state index in [1.807, 2.05) is 0 Å². The number of aliphatic carboxylic acids is 1. The van der Waals surface area contributed by atoms with Gasteiger partial charge < -0.3 is 14.7 Å². The molecule has 3 aromatic rings. The Balaban J connectivity index is 2.03. The summed E-state index contributed by atoms with van der Waals surface area (Å²) in [5, 5.41) is 13.3. The standard InChI is InChI=1S/C26H23Cl2NO5S/c1-26(25(32)33)22(15-5-9-17(27)10-6-15)21(24(31)19-4-3-13-35-19)23(29(26)20(30)14-34-2)16-7-11-18(28)12-8-16/h3-13,21-23H,14H2,1-2H3,(H,32,33). The van der Waals surface area contributed by atoms with Gasteiger partial charge in [0.25, 0.3) is 0 Å². The molecule has 35 heavy (non-hydrogen) atoms.